The Morgan fingerprint density at radius 1 is 1.08 bits per heavy atom. The van der Waals surface area contributed by atoms with Crippen molar-refractivity contribution in [3.05, 3.63) is 0 Å². The fourth-order valence-corrected chi connectivity index (χ4v) is 5.94. The summed E-state index contributed by atoms with van der Waals surface area (Å²) in [5.74, 6) is -1.34. The fourth-order valence-electron chi connectivity index (χ4n) is 5.94. The van der Waals surface area contributed by atoms with Crippen molar-refractivity contribution in [3.63, 3.8) is 0 Å². The van der Waals surface area contributed by atoms with E-state index in [9.17, 15) is 24.3 Å². The molecule has 4 amide bonds. The van der Waals surface area contributed by atoms with Crippen molar-refractivity contribution in [1.82, 2.24) is 15.5 Å². The number of ether oxygens (including phenoxy) is 1. The molecular formula is C28H48N4O6. The predicted octanol–water partition coefficient (Wildman–Crippen LogP) is 2.46. The number of likely N-dealkylation sites (tertiary alicyclic amines) is 1. The van der Waals surface area contributed by atoms with Crippen molar-refractivity contribution in [2.75, 3.05) is 6.54 Å². The Hall–Kier alpha value is -2.36. The fraction of sp³-hybridized carbons (Fsp3) is 0.857. The molecule has 3 aliphatic rings. The highest BCUT2D eigenvalue weighted by atomic mass is 16.6. The van der Waals surface area contributed by atoms with E-state index in [2.05, 4.69) is 24.5 Å². The Balaban J connectivity index is 1.85. The topological polar surface area (TPSA) is 151 Å². The summed E-state index contributed by atoms with van der Waals surface area (Å²) < 4.78 is 5.42. The molecule has 2 saturated carbocycles. The first-order valence-corrected chi connectivity index (χ1v) is 13.8. The number of hydrogen-bond acceptors (Lipinski definition) is 6. The SMILES string of the molecule is CC(C)(C)OC(=O)N[C@H](C(=O)N1CC2(C[C@H]1C(=O)NC(CC1CCC1)C(O)C(N)=O)CC2(C)C)C(C)(C)C. The van der Waals surface area contributed by atoms with Crippen molar-refractivity contribution in [2.45, 2.75) is 124 Å². The highest BCUT2D eigenvalue weighted by molar-refractivity contribution is 5.93. The molecule has 0 radical (unpaired) electrons. The molecule has 3 rings (SSSR count). The molecule has 1 spiro atoms. The molecule has 10 heteroatoms. The summed E-state index contributed by atoms with van der Waals surface area (Å²) in [5.41, 5.74) is 3.76. The van der Waals surface area contributed by atoms with Gasteiger partial charge in [0.15, 0.2) is 6.10 Å². The molecule has 1 aliphatic heterocycles. The zero-order valence-corrected chi connectivity index (χ0v) is 24.3. The van der Waals surface area contributed by atoms with Gasteiger partial charge in [-0.2, -0.15) is 0 Å². The molecule has 3 fully saturated rings. The number of nitrogens with two attached hydrogens (primary N) is 1. The number of nitrogens with zero attached hydrogens (tertiary/aromatic N) is 1. The third kappa shape index (κ3) is 6.61. The lowest BCUT2D eigenvalue weighted by molar-refractivity contribution is -0.143. The predicted molar refractivity (Wildman–Crippen MR) is 143 cm³/mol. The monoisotopic (exact) mass is 536 g/mol. The van der Waals surface area contributed by atoms with Crippen molar-refractivity contribution < 1.29 is 29.0 Å². The zero-order valence-electron chi connectivity index (χ0n) is 24.3. The molecule has 0 aromatic heterocycles. The molecule has 216 valence electrons. The van der Waals surface area contributed by atoms with E-state index in [4.69, 9.17) is 10.5 Å². The van der Waals surface area contributed by atoms with Crippen LogP contribution in [0, 0.1) is 22.2 Å². The molecule has 5 atom stereocenters. The van der Waals surface area contributed by atoms with Gasteiger partial charge >= 0.3 is 6.09 Å². The third-order valence-corrected chi connectivity index (χ3v) is 8.70. The number of aliphatic hydroxyl groups excluding tert-OH is 1. The molecule has 1 heterocycles. The van der Waals surface area contributed by atoms with E-state index in [1.54, 1.807) is 25.7 Å². The smallest absolute Gasteiger partial charge is 0.408 e. The zero-order chi connectivity index (χ0) is 28.8. The minimum atomic E-state index is -1.51. The van der Waals surface area contributed by atoms with E-state index >= 15 is 0 Å². The van der Waals surface area contributed by atoms with E-state index in [0.717, 1.165) is 25.7 Å². The van der Waals surface area contributed by atoms with E-state index in [1.807, 2.05) is 20.8 Å². The highest BCUT2D eigenvalue weighted by Gasteiger charge is 2.67. The number of carbonyl (C=O) groups excluding carboxylic acids is 4. The van der Waals surface area contributed by atoms with Crippen molar-refractivity contribution >= 4 is 23.8 Å². The summed E-state index contributed by atoms with van der Waals surface area (Å²) in [6, 6.07) is -2.53. The summed E-state index contributed by atoms with van der Waals surface area (Å²) in [5, 5.41) is 16.1. The largest absolute Gasteiger partial charge is 0.444 e. The number of carbonyl (C=O) groups is 4. The second kappa shape index (κ2) is 10.3. The van der Waals surface area contributed by atoms with E-state index in [1.165, 1.54) is 0 Å². The average molecular weight is 537 g/mol. The second-order valence-corrected chi connectivity index (χ2v) is 14.5. The van der Waals surface area contributed by atoms with Gasteiger partial charge in [-0.3, -0.25) is 14.4 Å². The minimum Gasteiger partial charge on any atom is -0.444 e. The van der Waals surface area contributed by atoms with Gasteiger partial charge in [0.05, 0.1) is 6.04 Å². The molecule has 10 nitrogen and oxygen atoms in total. The second-order valence-electron chi connectivity index (χ2n) is 14.5. The number of alkyl carbamates (subject to hydrolysis) is 1. The van der Waals surface area contributed by atoms with Gasteiger partial charge in [0.1, 0.15) is 17.7 Å². The highest BCUT2D eigenvalue weighted by Crippen LogP contribution is 2.69. The van der Waals surface area contributed by atoms with Gasteiger partial charge in [-0.25, -0.2) is 4.79 Å². The maximum Gasteiger partial charge on any atom is 0.408 e. The van der Waals surface area contributed by atoms with Gasteiger partial charge in [-0.15, -0.1) is 0 Å². The summed E-state index contributed by atoms with van der Waals surface area (Å²) in [6.45, 7) is 15.5. The first-order chi connectivity index (χ1) is 17.3. The van der Waals surface area contributed by atoms with Crippen molar-refractivity contribution in [2.24, 2.45) is 27.9 Å². The summed E-state index contributed by atoms with van der Waals surface area (Å²) in [6.07, 6.45) is 2.65. The van der Waals surface area contributed by atoms with Gasteiger partial charge < -0.3 is 31.1 Å². The lowest BCUT2D eigenvalue weighted by atomic mass is 9.79. The molecule has 0 bridgehead atoms. The van der Waals surface area contributed by atoms with Gasteiger partial charge in [0.25, 0.3) is 0 Å². The molecule has 3 unspecified atom stereocenters. The third-order valence-electron chi connectivity index (χ3n) is 8.70. The average Bonchev–Trinajstić information content (AvgIpc) is 3.05. The Labute approximate surface area is 226 Å². The summed E-state index contributed by atoms with van der Waals surface area (Å²) in [4.78, 5) is 53.8. The normalized spacial score (nSPS) is 27.2. The van der Waals surface area contributed by atoms with E-state index in [0.29, 0.717) is 25.3 Å². The maximum absolute atomic E-state index is 14.0. The van der Waals surface area contributed by atoms with Crippen LogP contribution in [0.3, 0.4) is 0 Å². The molecule has 0 aromatic rings. The van der Waals surface area contributed by atoms with Gasteiger partial charge in [0.2, 0.25) is 17.7 Å². The molecule has 1 saturated heterocycles. The summed E-state index contributed by atoms with van der Waals surface area (Å²) in [7, 11) is 0. The Kier molecular flexibility index (Phi) is 8.20. The van der Waals surface area contributed by atoms with Gasteiger partial charge in [-0.05, 0) is 62.2 Å². The maximum atomic E-state index is 14.0. The van der Waals surface area contributed by atoms with Crippen molar-refractivity contribution in [3.8, 4) is 0 Å². The lowest BCUT2D eigenvalue weighted by Gasteiger charge is -2.36. The van der Waals surface area contributed by atoms with E-state index < -0.39 is 53.2 Å². The molecular weight excluding hydrogens is 488 g/mol. The van der Waals surface area contributed by atoms with Crippen LogP contribution in [0.4, 0.5) is 4.79 Å². The first kappa shape index (κ1) is 30.2. The lowest BCUT2D eigenvalue weighted by Crippen LogP contribution is -2.59. The van der Waals surface area contributed by atoms with Gasteiger partial charge in [-0.1, -0.05) is 53.9 Å². The van der Waals surface area contributed by atoms with Crippen LogP contribution < -0.4 is 16.4 Å². The number of hydrogen-bond donors (Lipinski definition) is 4. The van der Waals surface area contributed by atoms with Crippen molar-refractivity contribution in [1.29, 1.82) is 0 Å². The van der Waals surface area contributed by atoms with Crippen LogP contribution >= 0.6 is 0 Å². The van der Waals surface area contributed by atoms with Crippen LogP contribution in [0.15, 0.2) is 0 Å². The molecule has 38 heavy (non-hydrogen) atoms. The Morgan fingerprint density at radius 2 is 1.66 bits per heavy atom. The number of amides is 4. The van der Waals surface area contributed by atoms with Crippen LogP contribution in [-0.2, 0) is 19.1 Å². The van der Waals surface area contributed by atoms with Crippen LogP contribution in [0.2, 0.25) is 0 Å². The van der Waals surface area contributed by atoms with Gasteiger partial charge in [0, 0.05) is 6.54 Å². The van der Waals surface area contributed by atoms with Crippen LogP contribution in [-0.4, -0.2) is 70.2 Å². The minimum absolute atomic E-state index is 0.0333. The quantitative estimate of drug-likeness (QED) is 0.374. The molecule has 0 aromatic carbocycles. The number of nitrogens with one attached hydrogen (secondary N) is 2. The van der Waals surface area contributed by atoms with Crippen LogP contribution in [0.25, 0.3) is 0 Å². The van der Waals surface area contributed by atoms with E-state index in [-0.39, 0.29) is 16.7 Å². The molecule has 5 N–H and O–H groups in total. The number of primary amides is 1. The Bertz CT molecular complexity index is 948. The number of aliphatic hydroxyl groups is 1. The number of rotatable bonds is 8. The van der Waals surface area contributed by atoms with Crippen LogP contribution in [0.1, 0.15) is 93.9 Å². The summed E-state index contributed by atoms with van der Waals surface area (Å²) >= 11 is 0. The molecule has 2 aliphatic carbocycles. The first-order valence-electron chi connectivity index (χ1n) is 13.8. The van der Waals surface area contributed by atoms with Crippen LogP contribution in [0.5, 0.6) is 0 Å². The standard InChI is InChI=1S/C28H48N4O6/c1-25(2,3)20(31-24(37)38-26(4,5)6)23(36)32-15-28(14-27(28,7)8)13-18(32)22(35)30-17(19(33)21(29)34)12-16-10-9-11-16/h16-20,33H,9-15H2,1-8H3,(H2,29,34)(H,30,35)(H,31,37)/t17?,18-,19?,20+,28?/m0/s1. The Morgan fingerprint density at radius 3 is 2.08 bits per heavy atom.